The Hall–Kier alpha value is -2.90. The lowest BCUT2D eigenvalue weighted by molar-refractivity contribution is -0.910. The molecule has 0 saturated carbocycles. The van der Waals surface area contributed by atoms with Crippen molar-refractivity contribution in [1.29, 1.82) is 0 Å². The van der Waals surface area contributed by atoms with E-state index >= 15 is 0 Å². The molecule has 2 saturated heterocycles. The molecule has 4 atom stereocenters. The number of nitrogens with zero attached hydrogens (tertiary/aromatic N) is 2. The Morgan fingerprint density at radius 1 is 1.18 bits per heavy atom. The molecule has 0 aliphatic carbocycles. The van der Waals surface area contributed by atoms with Crippen molar-refractivity contribution in [1.82, 2.24) is 4.90 Å². The summed E-state index contributed by atoms with van der Waals surface area (Å²) in [6, 6.07) is 12.0. The van der Waals surface area contributed by atoms with E-state index in [1.165, 1.54) is 36.4 Å². The molecule has 3 aliphatic heterocycles. The number of fused-ring (bicyclic) bond motifs is 2. The van der Waals surface area contributed by atoms with Crippen molar-refractivity contribution in [2.24, 2.45) is 11.8 Å². The molecule has 0 spiro atoms. The number of hydrogen-bond donors (Lipinski definition) is 2. The fourth-order valence-electron chi connectivity index (χ4n) is 6.27. The van der Waals surface area contributed by atoms with Crippen LogP contribution >= 0.6 is 0 Å². The van der Waals surface area contributed by atoms with Crippen LogP contribution in [0.2, 0.25) is 0 Å². The Morgan fingerprint density at radius 3 is 2.53 bits per heavy atom. The molecule has 34 heavy (non-hydrogen) atoms. The smallest absolute Gasteiger partial charge is 0.352 e. The molecule has 5 rings (SSSR count). The summed E-state index contributed by atoms with van der Waals surface area (Å²) in [5.41, 5.74) is 1.89. The zero-order valence-corrected chi connectivity index (χ0v) is 20.0. The molecule has 3 heterocycles. The summed E-state index contributed by atoms with van der Waals surface area (Å²) in [6.45, 7) is 6.95. The Kier molecular flexibility index (Phi) is 5.65. The van der Waals surface area contributed by atoms with Gasteiger partial charge in [0.2, 0.25) is 5.91 Å². The Morgan fingerprint density at radius 2 is 1.85 bits per heavy atom. The van der Waals surface area contributed by atoms with E-state index in [1.807, 2.05) is 25.1 Å². The van der Waals surface area contributed by atoms with Gasteiger partial charge in [-0.3, -0.25) is 4.79 Å². The number of aliphatic carboxylic acids is 1. The Bertz CT molecular complexity index is 1180. The third kappa shape index (κ3) is 3.58. The van der Waals surface area contributed by atoms with Gasteiger partial charge in [0.05, 0.1) is 38.2 Å². The number of aliphatic hydroxyl groups excluding tert-OH is 1. The van der Waals surface area contributed by atoms with E-state index in [4.69, 9.17) is 4.74 Å². The van der Waals surface area contributed by atoms with Crippen molar-refractivity contribution < 1.29 is 29.0 Å². The molecule has 2 aromatic rings. The molecule has 0 aromatic heterocycles. The maximum atomic E-state index is 12.6. The minimum Gasteiger partial charge on any atom is -0.488 e. The second-order valence-corrected chi connectivity index (χ2v) is 10.4. The van der Waals surface area contributed by atoms with Crippen molar-refractivity contribution in [2.75, 3.05) is 26.7 Å². The van der Waals surface area contributed by atoms with E-state index in [9.17, 15) is 19.8 Å². The maximum absolute atomic E-state index is 12.6. The van der Waals surface area contributed by atoms with Crippen molar-refractivity contribution in [2.45, 2.75) is 45.4 Å². The molecule has 3 aliphatic rings. The molecule has 2 N–H and O–H groups in total. The number of hydrogen-bond acceptors (Lipinski definition) is 4. The molecule has 0 unspecified atom stereocenters. The largest absolute Gasteiger partial charge is 0.488 e. The minimum atomic E-state index is -1.13. The highest BCUT2D eigenvalue weighted by Crippen LogP contribution is 2.47. The lowest BCUT2D eigenvalue weighted by atomic mass is 9.78. The molecular formula is C27H33N2O5+. The lowest BCUT2D eigenvalue weighted by Gasteiger charge is -2.46. The highest BCUT2D eigenvalue weighted by atomic mass is 16.5. The quantitative estimate of drug-likeness (QED) is 0.485. The van der Waals surface area contributed by atoms with Crippen molar-refractivity contribution in [3.05, 3.63) is 53.2 Å². The van der Waals surface area contributed by atoms with Gasteiger partial charge in [-0.1, -0.05) is 37.3 Å². The number of rotatable bonds is 7. The fourth-order valence-corrected chi connectivity index (χ4v) is 6.27. The van der Waals surface area contributed by atoms with Gasteiger partial charge in [0.1, 0.15) is 24.6 Å². The summed E-state index contributed by atoms with van der Waals surface area (Å²) in [6.07, 6.45) is 1.72. The van der Waals surface area contributed by atoms with Crippen molar-refractivity contribution in [3.8, 4) is 5.75 Å². The van der Waals surface area contributed by atoms with E-state index in [1.54, 1.807) is 6.92 Å². The van der Waals surface area contributed by atoms with Crippen LogP contribution in [-0.2, 0) is 16.1 Å². The highest BCUT2D eigenvalue weighted by molar-refractivity contribution is 6.00. The number of quaternary nitrogens is 1. The third-order valence-corrected chi connectivity index (χ3v) is 8.07. The first-order valence-corrected chi connectivity index (χ1v) is 12.2. The van der Waals surface area contributed by atoms with Gasteiger partial charge in [-0.05, 0) is 18.4 Å². The summed E-state index contributed by atoms with van der Waals surface area (Å²) < 4.78 is 7.28. The Labute approximate surface area is 199 Å². The molecule has 0 radical (unpaired) electrons. The van der Waals surface area contributed by atoms with Gasteiger partial charge in [-0.2, -0.15) is 0 Å². The minimum absolute atomic E-state index is 0.00628. The van der Waals surface area contributed by atoms with Gasteiger partial charge in [-0.15, -0.1) is 0 Å². The number of β-lactam (4-membered cyclic amide) rings is 1. The normalized spacial score (nSPS) is 26.5. The number of carboxylic acids is 1. The molecule has 2 fully saturated rings. The summed E-state index contributed by atoms with van der Waals surface area (Å²) in [4.78, 5) is 26.0. The molecular weight excluding hydrogens is 432 g/mol. The van der Waals surface area contributed by atoms with Gasteiger partial charge >= 0.3 is 5.97 Å². The van der Waals surface area contributed by atoms with Gasteiger partial charge in [0.15, 0.2) is 0 Å². The Balaban J connectivity index is 1.43. The number of carbonyl (C=O) groups excluding carboxylic acids is 1. The first kappa shape index (κ1) is 22.9. The van der Waals surface area contributed by atoms with Gasteiger partial charge < -0.3 is 24.3 Å². The molecule has 2 aromatic carbocycles. The number of carboxylic acid groups (broad SMARTS) is 1. The van der Waals surface area contributed by atoms with E-state index in [0.717, 1.165) is 21.8 Å². The third-order valence-electron chi connectivity index (χ3n) is 8.07. The van der Waals surface area contributed by atoms with Crippen LogP contribution in [0, 0.1) is 11.8 Å². The zero-order chi connectivity index (χ0) is 24.2. The van der Waals surface area contributed by atoms with Crippen LogP contribution in [0.4, 0.5) is 0 Å². The average Bonchev–Trinajstić information content (AvgIpc) is 3.31. The van der Waals surface area contributed by atoms with E-state index in [2.05, 4.69) is 25.2 Å². The van der Waals surface area contributed by atoms with Crippen LogP contribution < -0.4 is 4.74 Å². The van der Waals surface area contributed by atoms with Crippen LogP contribution in [0.3, 0.4) is 0 Å². The van der Waals surface area contributed by atoms with Crippen LogP contribution in [0.5, 0.6) is 5.75 Å². The monoisotopic (exact) mass is 465 g/mol. The van der Waals surface area contributed by atoms with Crippen LogP contribution in [-0.4, -0.2) is 70.4 Å². The van der Waals surface area contributed by atoms with Crippen molar-refractivity contribution >= 4 is 22.6 Å². The number of likely N-dealkylation sites (tertiary alicyclic amines) is 1. The second kappa shape index (κ2) is 8.40. The predicted molar refractivity (Wildman–Crippen MR) is 128 cm³/mol. The van der Waals surface area contributed by atoms with E-state index in [0.29, 0.717) is 11.3 Å². The molecule has 0 bridgehead atoms. The average molecular weight is 466 g/mol. The molecule has 180 valence electrons. The van der Waals surface area contributed by atoms with Crippen LogP contribution in [0.15, 0.2) is 47.7 Å². The van der Waals surface area contributed by atoms with E-state index < -0.39 is 18.0 Å². The zero-order valence-electron chi connectivity index (χ0n) is 20.0. The summed E-state index contributed by atoms with van der Waals surface area (Å²) in [5.74, 6) is -1.52. The fraction of sp³-hybridized carbons (Fsp3) is 0.481. The summed E-state index contributed by atoms with van der Waals surface area (Å²) in [5, 5.41) is 22.1. The van der Waals surface area contributed by atoms with Crippen LogP contribution in [0.1, 0.15) is 32.3 Å². The highest BCUT2D eigenvalue weighted by Gasteiger charge is 2.59. The standard InChI is InChI=1S/C27H32N2O5/c1-16-21(25(27(32)33)28-24(16)23(17(2)30)26(28)31)15-34-22-11-7-9-19-18(8-6-10-20(19)22)14-29(3)12-4-5-13-29/h6-11,16-17,23-24,30H,4-5,12-15H2,1-3H3/p+1/t16-,17+,23+,24+/m0/s1. The number of ether oxygens (including phenoxy) is 1. The van der Waals surface area contributed by atoms with E-state index in [-0.39, 0.29) is 30.2 Å². The molecule has 1 amide bonds. The first-order valence-electron chi connectivity index (χ1n) is 12.2. The summed E-state index contributed by atoms with van der Waals surface area (Å²) in [7, 11) is 2.32. The van der Waals surface area contributed by atoms with Gasteiger partial charge in [0.25, 0.3) is 0 Å². The first-order chi connectivity index (χ1) is 16.2. The number of aliphatic hydroxyl groups is 1. The number of carbonyl (C=O) groups is 2. The van der Waals surface area contributed by atoms with Gasteiger partial charge in [-0.25, -0.2) is 4.79 Å². The SMILES string of the molecule is C[C@@H](O)[C@H]1C(=O)N2C(C(=O)O)=C(COc3cccc4c(C[N+]5(C)CCCC5)cccc34)[C@H](C)[C@H]12. The predicted octanol–water partition coefficient (Wildman–Crippen LogP) is 3.16. The second-order valence-electron chi connectivity index (χ2n) is 10.4. The number of benzene rings is 2. The van der Waals surface area contributed by atoms with Crippen molar-refractivity contribution in [3.63, 3.8) is 0 Å². The summed E-state index contributed by atoms with van der Waals surface area (Å²) >= 11 is 0. The van der Waals surface area contributed by atoms with Crippen LogP contribution in [0.25, 0.3) is 10.8 Å². The topological polar surface area (TPSA) is 87.1 Å². The maximum Gasteiger partial charge on any atom is 0.352 e. The number of amides is 1. The molecule has 7 nitrogen and oxygen atoms in total. The lowest BCUT2D eigenvalue weighted by Crippen LogP contribution is -2.63. The molecule has 7 heteroatoms. The van der Waals surface area contributed by atoms with Gasteiger partial charge in [0, 0.05) is 35.3 Å².